The number of nitrogens with zero attached hydrogens (tertiary/aromatic N) is 2. The van der Waals surface area contributed by atoms with Gasteiger partial charge >= 0.3 is 0 Å². The Morgan fingerprint density at radius 2 is 1.07 bits per heavy atom. The zero-order chi connectivity index (χ0) is 51.6. The summed E-state index contributed by atoms with van der Waals surface area (Å²) in [4.78, 5) is 40.2. The van der Waals surface area contributed by atoms with Crippen LogP contribution in [0.15, 0.2) is 94.7 Å². The third kappa shape index (κ3) is 15.7. The Bertz CT molecular complexity index is 2860. The fourth-order valence-corrected chi connectivity index (χ4v) is 10.3. The fraction of sp³-hybridized carbons (Fsp3) is 0.462. The third-order valence-corrected chi connectivity index (χ3v) is 14.9. The number of amides is 3. The predicted octanol–water partition coefficient (Wildman–Crippen LogP) is 9.57. The standard InChI is InChI=1S/C26H36N4O5S.C26H34N4O4S/c1-18(31)28-20-5-8-22(9-6-20)36(33,34)30-21-7-10-23(24(17-21)29-25(32)26(2,3)4)27-14-11-19-12-15-35-16-13-19;1-18(31)27-20-5-8-22(9-6-20)35(32,33)29-21-7-10-24-23(17-21)28-25(26(2,3)4)30(24)14-11-19-12-15-34-16-13-19/h5-10,17,19,27,30H,11-16H2,1-4H3,(H,28,31)(H,29,32);5-10,17,19,29H,11-16H2,1-4H3,(H,27,31). The van der Waals surface area contributed by atoms with Gasteiger partial charge in [-0.25, -0.2) is 21.8 Å². The van der Waals surface area contributed by atoms with Gasteiger partial charge in [0.2, 0.25) is 17.7 Å². The first-order chi connectivity index (χ1) is 33.5. The number of benzene rings is 4. The Morgan fingerprint density at radius 1 is 0.606 bits per heavy atom. The number of rotatable bonds is 16. The zero-order valence-electron chi connectivity index (χ0n) is 42.1. The molecular formula is C52H70N8O9S2. The molecule has 7 rings (SSSR count). The molecule has 0 spiro atoms. The molecule has 2 aliphatic heterocycles. The quantitative estimate of drug-likeness (QED) is 0.0545. The van der Waals surface area contributed by atoms with Crippen molar-refractivity contribution in [3.63, 3.8) is 0 Å². The Kier molecular flexibility index (Phi) is 18.0. The summed E-state index contributed by atoms with van der Waals surface area (Å²) in [5.41, 5.74) is 4.05. The third-order valence-electron chi connectivity index (χ3n) is 12.2. The van der Waals surface area contributed by atoms with Gasteiger partial charge in [-0.1, -0.05) is 41.5 Å². The largest absolute Gasteiger partial charge is 0.383 e. The summed E-state index contributed by atoms with van der Waals surface area (Å²) in [5.74, 6) is 1.61. The number of carbonyl (C=O) groups excluding carboxylic acids is 3. The average Bonchev–Trinajstić information content (AvgIpc) is 3.68. The lowest BCUT2D eigenvalue weighted by atomic mass is 9.94. The Balaban J connectivity index is 0.000000232. The highest BCUT2D eigenvalue weighted by Crippen LogP contribution is 2.33. The highest BCUT2D eigenvalue weighted by atomic mass is 32.2. The number of carbonyl (C=O) groups is 3. The number of aryl methyl sites for hydroxylation is 1. The van der Waals surface area contributed by atoms with Crippen LogP contribution in [0.3, 0.4) is 0 Å². The van der Waals surface area contributed by atoms with Gasteiger partial charge in [-0.2, -0.15) is 0 Å². The van der Waals surface area contributed by atoms with Crippen molar-refractivity contribution in [1.29, 1.82) is 0 Å². The molecule has 2 aliphatic rings. The molecule has 19 heteroatoms. The van der Waals surface area contributed by atoms with E-state index < -0.39 is 25.5 Å². The number of nitrogens with one attached hydrogen (secondary N) is 6. The first kappa shape index (κ1) is 54.3. The minimum absolute atomic E-state index is 0.0514. The lowest BCUT2D eigenvalue weighted by Crippen LogP contribution is -2.28. The maximum Gasteiger partial charge on any atom is 0.261 e. The summed E-state index contributed by atoms with van der Waals surface area (Å²) in [6.45, 7) is 19.5. The van der Waals surface area contributed by atoms with E-state index in [1.165, 1.54) is 50.2 Å². The normalized spacial score (nSPS) is 15.0. The van der Waals surface area contributed by atoms with Crippen LogP contribution in [0.1, 0.15) is 99.7 Å². The topological polar surface area (TPSA) is 228 Å². The van der Waals surface area contributed by atoms with Gasteiger partial charge in [0.25, 0.3) is 20.0 Å². The van der Waals surface area contributed by atoms with Crippen LogP contribution in [0, 0.1) is 17.3 Å². The lowest BCUT2D eigenvalue weighted by Gasteiger charge is -2.24. The first-order valence-corrected chi connectivity index (χ1v) is 27.1. The van der Waals surface area contributed by atoms with E-state index in [0.29, 0.717) is 40.3 Å². The van der Waals surface area contributed by atoms with E-state index in [9.17, 15) is 31.2 Å². The molecule has 0 bridgehead atoms. The van der Waals surface area contributed by atoms with Crippen LogP contribution >= 0.6 is 0 Å². The van der Waals surface area contributed by atoms with Crippen molar-refractivity contribution >= 4 is 82.9 Å². The maximum atomic E-state index is 12.9. The molecule has 0 radical (unpaired) electrons. The number of imidazole rings is 1. The number of hydrogen-bond acceptors (Lipinski definition) is 11. The Morgan fingerprint density at radius 3 is 1.55 bits per heavy atom. The highest BCUT2D eigenvalue weighted by molar-refractivity contribution is 7.93. The molecule has 2 fully saturated rings. The SMILES string of the molecule is CC(=O)Nc1ccc(S(=O)(=O)Nc2ccc(NCCC3CCOCC3)c(NC(=O)C(C)(C)C)c2)cc1.CC(=O)Nc1ccc(S(=O)(=O)Nc2ccc3c(c2)nc(C(C)(C)C)n3CCC2CCOCC2)cc1. The molecule has 5 aromatic rings. The molecule has 0 atom stereocenters. The molecule has 0 aliphatic carbocycles. The van der Waals surface area contributed by atoms with Crippen molar-refractivity contribution in [1.82, 2.24) is 9.55 Å². The van der Waals surface area contributed by atoms with Gasteiger partial charge in [0, 0.05) is 75.6 Å². The van der Waals surface area contributed by atoms with Gasteiger partial charge < -0.3 is 35.3 Å². The predicted molar refractivity (Wildman–Crippen MR) is 281 cm³/mol. The van der Waals surface area contributed by atoms with Crippen molar-refractivity contribution in [2.75, 3.05) is 63.7 Å². The summed E-state index contributed by atoms with van der Waals surface area (Å²) in [6, 6.07) is 22.5. The molecule has 17 nitrogen and oxygen atoms in total. The van der Waals surface area contributed by atoms with Crippen LogP contribution in [0.25, 0.3) is 11.0 Å². The maximum absolute atomic E-state index is 12.9. The highest BCUT2D eigenvalue weighted by Gasteiger charge is 2.26. The number of anilines is 6. The Labute approximate surface area is 418 Å². The van der Waals surface area contributed by atoms with E-state index in [4.69, 9.17) is 14.5 Å². The van der Waals surface area contributed by atoms with Gasteiger partial charge in [-0.3, -0.25) is 23.8 Å². The van der Waals surface area contributed by atoms with Crippen LogP contribution in [-0.2, 0) is 55.9 Å². The van der Waals surface area contributed by atoms with Gasteiger partial charge in [0.1, 0.15) is 5.82 Å². The number of aromatic nitrogens is 2. The van der Waals surface area contributed by atoms with Crippen molar-refractivity contribution in [3.8, 4) is 0 Å². The summed E-state index contributed by atoms with van der Waals surface area (Å²) >= 11 is 0. The van der Waals surface area contributed by atoms with Crippen molar-refractivity contribution in [3.05, 3.63) is 90.8 Å². The molecule has 0 unspecified atom stereocenters. The average molecular weight is 1020 g/mol. The van der Waals surface area contributed by atoms with Crippen LogP contribution < -0.4 is 30.7 Å². The molecule has 2 saturated heterocycles. The molecule has 3 amide bonds. The van der Waals surface area contributed by atoms with Crippen LogP contribution in [0.2, 0.25) is 0 Å². The van der Waals surface area contributed by atoms with E-state index in [1.807, 2.05) is 26.8 Å². The van der Waals surface area contributed by atoms with Crippen LogP contribution in [0.4, 0.5) is 34.1 Å². The molecule has 71 heavy (non-hydrogen) atoms. The number of sulfonamides is 2. The molecule has 6 N–H and O–H groups in total. The summed E-state index contributed by atoms with van der Waals surface area (Å²) in [6.07, 6.45) is 6.33. The number of ether oxygens (including phenoxy) is 2. The van der Waals surface area contributed by atoms with E-state index in [2.05, 4.69) is 56.0 Å². The Hall–Kier alpha value is -6.02. The molecule has 1 aromatic heterocycles. The summed E-state index contributed by atoms with van der Waals surface area (Å²) in [5, 5.41) is 11.6. The monoisotopic (exact) mass is 1010 g/mol. The second kappa shape index (κ2) is 23.5. The van der Waals surface area contributed by atoms with Gasteiger partial charge in [-0.05, 0) is 135 Å². The fourth-order valence-electron chi connectivity index (χ4n) is 8.23. The molecule has 3 heterocycles. The van der Waals surface area contributed by atoms with E-state index in [1.54, 1.807) is 42.5 Å². The molecule has 4 aromatic carbocycles. The lowest BCUT2D eigenvalue weighted by molar-refractivity contribution is -0.123. The van der Waals surface area contributed by atoms with Crippen molar-refractivity contribution < 1.29 is 40.7 Å². The molecule has 0 saturated carbocycles. The van der Waals surface area contributed by atoms with E-state index in [0.717, 1.165) is 101 Å². The summed E-state index contributed by atoms with van der Waals surface area (Å²) < 4.78 is 70.2. The molecule has 384 valence electrons. The van der Waals surface area contributed by atoms with Gasteiger partial charge in [0.15, 0.2) is 0 Å². The van der Waals surface area contributed by atoms with Gasteiger partial charge in [-0.15, -0.1) is 0 Å². The second-order valence-corrected chi connectivity index (χ2v) is 23.6. The number of fused-ring (bicyclic) bond motifs is 1. The number of hydrogen-bond donors (Lipinski definition) is 6. The van der Waals surface area contributed by atoms with E-state index >= 15 is 0 Å². The minimum atomic E-state index is -3.88. The zero-order valence-corrected chi connectivity index (χ0v) is 43.7. The van der Waals surface area contributed by atoms with E-state index in [-0.39, 0.29) is 32.9 Å². The molecular weight excluding hydrogens is 945 g/mol. The van der Waals surface area contributed by atoms with Crippen LogP contribution in [-0.4, -0.2) is 77.1 Å². The van der Waals surface area contributed by atoms with Gasteiger partial charge in [0.05, 0.1) is 43.6 Å². The van der Waals surface area contributed by atoms with Crippen molar-refractivity contribution in [2.45, 2.75) is 116 Å². The smallest absolute Gasteiger partial charge is 0.261 e. The van der Waals surface area contributed by atoms with Crippen LogP contribution in [0.5, 0.6) is 0 Å². The minimum Gasteiger partial charge on any atom is -0.383 e. The van der Waals surface area contributed by atoms with Crippen molar-refractivity contribution in [2.24, 2.45) is 17.3 Å². The first-order valence-electron chi connectivity index (χ1n) is 24.1. The second-order valence-electron chi connectivity index (χ2n) is 20.2. The summed E-state index contributed by atoms with van der Waals surface area (Å²) in [7, 11) is -7.68.